The number of amides is 1. The number of carbonyl (C=O) groups is 1. The van der Waals surface area contributed by atoms with Gasteiger partial charge in [-0.1, -0.05) is 36.4 Å². The second-order valence-corrected chi connectivity index (χ2v) is 7.41. The van der Waals surface area contributed by atoms with Gasteiger partial charge in [-0.2, -0.15) is 13.2 Å². The van der Waals surface area contributed by atoms with E-state index in [1.165, 1.54) is 0 Å². The van der Waals surface area contributed by atoms with Crippen molar-refractivity contribution in [2.24, 2.45) is 0 Å². The molecule has 1 aliphatic heterocycles. The van der Waals surface area contributed by atoms with E-state index in [1.54, 1.807) is 48.7 Å². The number of nitrogens with one attached hydrogen (secondary N) is 1. The maximum atomic E-state index is 13.1. The molecule has 1 aliphatic rings. The third-order valence-electron chi connectivity index (χ3n) is 4.92. The van der Waals surface area contributed by atoms with E-state index in [1.807, 2.05) is 24.3 Å². The van der Waals surface area contributed by atoms with E-state index < -0.39 is 12.1 Å². The number of halogens is 3. The van der Waals surface area contributed by atoms with E-state index >= 15 is 0 Å². The van der Waals surface area contributed by atoms with Crippen LogP contribution >= 0.6 is 0 Å². The predicted octanol–water partition coefficient (Wildman–Crippen LogP) is 5.12. The third kappa shape index (κ3) is 5.88. The van der Waals surface area contributed by atoms with Gasteiger partial charge in [-0.25, -0.2) is 9.97 Å². The molecule has 6 bridgehead atoms. The molecule has 0 atom stereocenters. The van der Waals surface area contributed by atoms with Crippen LogP contribution in [-0.2, 0) is 11.3 Å². The minimum Gasteiger partial charge on any atom is -0.493 e. The summed E-state index contributed by atoms with van der Waals surface area (Å²) in [6, 6.07) is 16.0. The number of aromatic nitrogens is 2. The van der Waals surface area contributed by atoms with Crippen molar-refractivity contribution in [3.05, 3.63) is 78.5 Å². The molecule has 2 heterocycles. The molecule has 0 fully saturated rings. The van der Waals surface area contributed by atoms with E-state index in [0.29, 0.717) is 41.7 Å². The van der Waals surface area contributed by atoms with Crippen LogP contribution in [0.1, 0.15) is 12.0 Å². The molecule has 2 aromatic carbocycles. The standard InChI is InChI=1S/C24H21F3N4O2/c25-24(26,27)22(32)31-12-2-1-3-13-33-20-9-5-7-18(15-20)21-10-11-28-23(30-21)29-19-8-4-6-17(14-19)16-31/h1-2,4-11,14-15H,3,12-13,16H2,(H,28,29,30)/b2-1-. The summed E-state index contributed by atoms with van der Waals surface area (Å²) in [5.74, 6) is -0.899. The average Bonchev–Trinajstić information content (AvgIpc) is 2.79. The molecular weight excluding hydrogens is 433 g/mol. The Morgan fingerprint density at radius 2 is 1.91 bits per heavy atom. The quantitative estimate of drug-likeness (QED) is 0.478. The molecule has 9 heteroatoms. The number of fused-ring (bicyclic) bond motifs is 7. The summed E-state index contributed by atoms with van der Waals surface area (Å²) in [7, 11) is 0. The van der Waals surface area contributed by atoms with Crippen LogP contribution in [0.3, 0.4) is 0 Å². The normalized spacial score (nSPS) is 15.4. The molecule has 0 radical (unpaired) electrons. The number of carbonyl (C=O) groups excluding carboxylic acids is 1. The van der Waals surface area contributed by atoms with Crippen LogP contribution in [0, 0.1) is 0 Å². The van der Waals surface area contributed by atoms with Gasteiger partial charge < -0.3 is 15.0 Å². The zero-order valence-corrected chi connectivity index (χ0v) is 17.5. The molecule has 1 N–H and O–H groups in total. The summed E-state index contributed by atoms with van der Waals surface area (Å²) in [4.78, 5) is 21.5. The van der Waals surface area contributed by atoms with E-state index in [-0.39, 0.29) is 13.1 Å². The lowest BCUT2D eigenvalue weighted by Gasteiger charge is -2.23. The number of hydrogen-bond donors (Lipinski definition) is 1. The Morgan fingerprint density at radius 1 is 1.06 bits per heavy atom. The molecular formula is C24H21F3N4O2. The highest BCUT2D eigenvalue weighted by Gasteiger charge is 2.42. The number of benzene rings is 2. The molecule has 6 nitrogen and oxygen atoms in total. The van der Waals surface area contributed by atoms with Crippen molar-refractivity contribution in [3.63, 3.8) is 0 Å². The molecule has 3 aromatic rings. The van der Waals surface area contributed by atoms with Crippen LogP contribution < -0.4 is 10.1 Å². The molecule has 1 aromatic heterocycles. The molecule has 0 unspecified atom stereocenters. The Kier molecular flexibility index (Phi) is 6.58. The lowest BCUT2D eigenvalue weighted by atomic mass is 10.1. The highest BCUT2D eigenvalue weighted by Crippen LogP contribution is 2.25. The van der Waals surface area contributed by atoms with Crippen molar-refractivity contribution in [1.29, 1.82) is 0 Å². The lowest BCUT2D eigenvalue weighted by molar-refractivity contribution is -0.185. The van der Waals surface area contributed by atoms with Crippen LogP contribution in [0.5, 0.6) is 5.75 Å². The van der Waals surface area contributed by atoms with Crippen LogP contribution in [0.4, 0.5) is 24.8 Å². The van der Waals surface area contributed by atoms with Gasteiger partial charge in [0.05, 0.1) is 12.3 Å². The average molecular weight is 454 g/mol. The first-order chi connectivity index (χ1) is 15.9. The number of alkyl halides is 3. The van der Waals surface area contributed by atoms with Crippen LogP contribution in [0.15, 0.2) is 72.9 Å². The first-order valence-corrected chi connectivity index (χ1v) is 10.3. The Bertz CT molecular complexity index is 1160. The molecule has 1 amide bonds. The molecule has 170 valence electrons. The Balaban J connectivity index is 1.68. The molecule has 0 saturated carbocycles. The van der Waals surface area contributed by atoms with Gasteiger partial charge in [0.15, 0.2) is 0 Å². The van der Waals surface area contributed by atoms with Crippen molar-refractivity contribution >= 4 is 17.5 Å². The van der Waals surface area contributed by atoms with Crippen molar-refractivity contribution in [1.82, 2.24) is 14.9 Å². The van der Waals surface area contributed by atoms with E-state index in [4.69, 9.17) is 4.74 Å². The molecule has 0 aliphatic carbocycles. The SMILES string of the molecule is O=C(N1C/C=C\CCOc2cccc(c2)-c2ccnc(n2)Nc2cccc(c2)C1)C(F)(F)F. The molecule has 0 spiro atoms. The summed E-state index contributed by atoms with van der Waals surface area (Å²) in [5, 5.41) is 3.08. The minimum atomic E-state index is -4.96. The zero-order valence-electron chi connectivity index (χ0n) is 17.5. The number of nitrogens with zero attached hydrogens (tertiary/aromatic N) is 3. The van der Waals surface area contributed by atoms with Gasteiger partial charge in [0, 0.05) is 30.5 Å². The van der Waals surface area contributed by atoms with Gasteiger partial charge in [-0.15, -0.1) is 0 Å². The highest BCUT2D eigenvalue weighted by atomic mass is 19.4. The first-order valence-electron chi connectivity index (χ1n) is 10.3. The summed E-state index contributed by atoms with van der Waals surface area (Å²) >= 11 is 0. The first kappa shape index (κ1) is 22.3. The molecule has 33 heavy (non-hydrogen) atoms. The van der Waals surface area contributed by atoms with Gasteiger partial charge in [0.1, 0.15) is 5.75 Å². The zero-order chi connectivity index (χ0) is 23.3. The van der Waals surface area contributed by atoms with Gasteiger partial charge in [-0.3, -0.25) is 4.79 Å². The summed E-state index contributed by atoms with van der Waals surface area (Å²) < 4.78 is 45.1. The number of rotatable bonds is 0. The van der Waals surface area contributed by atoms with Crippen LogP contribution in [-0.4, -0.2) is 40.1 Å². The van der Waals surface area contributed by atoms with E-state index in [9.17, 15) is 18.0 Å². The Morgan fingerprint density at radius 3 is 2.76 bits per heavy atom. The minimum absolute atomic E-state index is 0.170. The van der Waals surface area contributed by atoms with Gasteiger partial charge >= 0.3 is 12.1 Å². The Labute approximate surface area is 188 Å². The lowest BCUT2D eigenvalue weighted by Crippen LogP contribution is -2.40. The second kappa shape index (κ2) is 9.72. The van der Waals surface area contributed by atoms with Gasteiger partial charge in [0.25, 0.3) is 0 Å². The van der Waals surface area contributed by atoms with Crippen molar-refractivity contribution in [2.45, 2.75) is 19.1 Å². The van der Waals surface area contributed by atoms with E-state index in [2.05, 4.69) is 15.3 Å². The number of anilines is 2. The molecule has 0 saturated heterocycles. The summed E-state index contributed by atoms with van der Waals surface area (Å²) in [5.41, 5.74) is 2.69. The van der Waals surface area contributed by atoms with Crippen LogP contribution in [0.25, 0.3) is 11.3 Å². The summed E-state index contributed by atoms with van der Waals surface area (Å²) in [6.45, 7) is -0.0252. The summed E-state index contributed by atoms with van der Waals surface area (Å²) in [6.07, 6.45) is 0.402. The number of ether oxygens (including phenoxy) is 1. The fourth-order valence-electron chi connectivity index (χ4n) is 3.38. The van der Waals surface area contributed by atoms with Crippen molar-refractivity contribution < 1.29 is 22.7 Å². The maximum absolute atomic E-state index is 13.1. The van der Waals surface area contributed by atoms with Crippen molar-refractivity contribution in [2.75, 3.05) is 18.5 Å². The predicted molar refractivity (Wildman–Crippen MR) is 118 cm³/mol. The largest absolute Gasteiger partial charge is 0.493 e. The fraction of sp³-hybridized carbons (Fsp3) is 0.208. The van der Waals surface area contributed by atoms with Crippen molar-refractivity contribution in [3.8, 4) is 17.0 Å². The second-order valence-electron chi connectivity index (χ2n) is 7.41. The van der Waals surface area contributed by atoms with E-state index in [0.717, 1.165) is 10.5 Å². The number of hydrogen-bond acceptors (Lipinski definition) is 5. The van der Waals surface area contributed by atoms with Gasteiger partial charge in [-0.05, 0) is 42.3 Å². The van der Waals surface area contributed by atoms with Crippen LogP contribution in [0.2, 0.25) is 0 Å². The Hall–Kier alpha value is -3.88. The topological polar surface area (TPSA) is 67.4 Å². The maximum Gasteiger partial charge on any atom is 0.471 e. The molecule has 4 rings (SSSR count). The fourth-order valence-corrected chi connectivity index (χ4v) is 3.38. The van der Waals surface area contributed by atoms with Gasteiger partial charge in [0.2, 0.25) is 5.95 Å². The highest BCUT2D eigenvalue weighted by molar-refractivity contribution is 5.82. The smallest absolute Gasteiger partial charge is 0.471 e. The monoisotopic (exact) mass is 454 g/mol. The third-order valence-corrected chi connectivity index (χ3v) is 4.92.